The largest absolute Gasteiger partial charge is 0.465 e. The molecule has 0 saturated heterocycles. The molecule has 1 aromatic carbocycles. The number of allylic oxidation sites excluding steroid dienone is 3. The minimum atomic E-state index is -1.01. The molecule has 0 bridgehead atoms. The molecule has 0 fully saturated rings. The van der Waals surface area contributed by atoms with Gasteiger partial charge in [0.1, 0.15) is 5.92 Å². The van der Waals surface area contributed by atoms with Crippen molar-refractivity contribution in [2.45, 2.75) is 39.0 Å². The molecule has 7 heteroatoms. The maximum Gasteiger partial charge on any atom is 0.336 e. The van der Waals surface area contributed by atoms with E-state index in [0.717, 1.165) is 5.56 Å². The average molecular weight is 461 g/mol. The lowest BCUT2D eigenvalue weighted by molar-refractivity contribution is -0.152. The normalized spacial score (nSPS) is 22.1. The Labute approximate surface area is 198 Å². The number of ketones is 1. The summed E-state index contributed by atoms with van der Waals surface area (Å²) in [5.41, 5.74) is 3.65. The summed E-state index contributed by atoms with van der Waals surface area (Å²) in [6.45, 7) is 5.64. The highest BCUT2D eigenvalue weighted by molar-refractivity contribution is 6.13. The summed E-state index contributed by atoms with van der Waals surface area (Å²) in [6.07, 6.45) is 3.71. The van der Waals surface area contributed by atoms with Gasteiger partial charge in [0.25, 0.3) is 0 Å². The van der Waals surface area contributed by atoms with Crippen molar-refractivity contribution in [2.75, 3.05) is 13.2 Å². The van der Waals surface area contributed by atoms with Gasteiger partial charge in [-0.05, 0) is 44.4 Å². The predicted molar refractivity (Wildman–Crippen MR) is 125 cm³/mol. The Morgan fingerprint density at radius 3 is 2.38 bits per heavy atom. The molecule has 0 radical (unpaired) electrons. The first-order chi connectivity index (χ1) is 16.5. The molecule has 0 spiro atoms. The standard InChI is InChI=1S/C27H28N2O5/c1-4-33-26(31)21-16(3)29-20-14-19(17-10-7-6-8-11-17)23(27(32)34-5-2)25(30)24(20)22(21)18-12-9-13-28-15-18/h6-13,15,19,22-23,29H,4-5,14H2,1-3H3/t19-,22-,23+/m1/s1. The van der Waals surface area contributed by atoms with Gasteiger partial charge in [0.2, 0.25) is 0 Å². The van der Waals surface area contributed by atoms with E-state index in [9.17, 15) is 14.4 Å². The molecule has 3 atom stereocenters. The van der Waals surface area contributed by atoms with E-state index < -0.39 is 23.8 Å². The molecule has 0 unspecified atom stereocenters. The fraction of sp³-hybridized carbons (Fsp3) is 0.333. The summed E-state index contributed by atoms with van der Waals surface area (Å²) in [6, 6.07) is 13.1. The molecule has 1 aliphatic carbocycles. The van der Waals surface area contributed by atoms with Crippen LogP contribution in [0.5, 0.6) is 0 Å². The number of nitrogens with one attached hydrogen (secondary N) is 1. The highest BCUT2D eigenvalue weighted by atomic mass is 16.5. The molecular weight excluding hydrogens is 432 g/mol. The average Bonchev–Trinajstić information content (AvgIpc) is 2.84. The minimum Gasteiger partial charge on any atom is -0.465 e. The van der Waals surface area contributed by atoms with Crippen molar-refractivity contribution in [1.82, 2.24) is 10.3 Å². The maximum atomic E-state index is 14.1. The number of carbonyl (C=O) groups excluding carboxylic acids is 3. The van der Waals surface area contributed by atoms with E-state index in [4.69, 9.17) is 9.47 Å². The lowest BCUT2D eigenvalue weighted by Crippen LogP contribution is -2.43. The van der Waals surface area contributed by atoms with Gasteiger partial charge in [0.15, 0.2) is 5.78 Å². The van der Waals surface area contributed by atoms with E-state index in [-0.39, 0.29) is 24.9 Å². The van der Waals surface area contributed by atoms with Crippen LogP contribution in [0, 0.1) is 5.92 Å². The van der Waals surface area contributed by atoms with Crippen LogP contribution in [-0.4, -0.2) is 35.9 Å². The molecule has 1 aliphatic heterocycles. The predicted octanol–water partition coefficient (Wildman–Crippen LogP) is 3.80. The Morgan fingerprint density at radius 2 is 1.74 bits per heavy atom. The zero-order valence-electron chi connectivity index (χ0n) is 19.5. The topological polar surface area (TPSA) is 94.6 Å². The van der Waals surface area contributed by atoms with Gasteiger partial charge in [0.05, 0.1) is 18.8 Å². The number of esters is 2. The number of pyridine rings is 1. The van der Waals surface area contributed by atoms with E-state index in [2.05, 4.69) is 10.3 Å². The lowest BCUT2D eigenvalue weighted by Gasteiger charge is -2.39. The molecule has 2 aromatic rings. The second-order valence-corrected chi connectivity index (χ2v) is 8.31. The van der Waals surface area contributed by atoms with Crippen LogP contribution in [0.25, 0.3) is 0 Å². The first kappa shape index (κ1) is 23.4. The fourth-order valence-electron chi connectivity index (χ4n) is 4.91. The van der Waals surface area contributed by atoms with Gasteiger partial charge in [0, 0.05) is 41.2 Å². The summed E-state index contributed by atoms with van der Waals surface area (Å²) >= 11 is 0. The van der Waals surface area contributed by atoms with Crippen molar-refractivity contribution in [3.05, 3.63) is 88.5 Å². The van der Waals surface area contributed by atoms with Gasteiger partial charge in [-0.15, -0.1) is 0 Å². The number of benzene rings is 1. The number of rotatable bonds is 6. The van der Waals surface area contributed by atoms with Crippen molar-refractivity contribution in [2.24, 2.45) is 5.92 Å². The Balaban J connectivity index is 1.88. The molecular formula is C27H28N2O5. The van der Waals surface area contributed by atoms with Crippen LogP contribution >= 0.6 is 0 Å². The number of hydrogen-bond donors (Lipinski definition) is 1. The Kier molecular flexibility index (Phi) is 6.91. The number of aromatic nitrogens is 1. The maximum absolute atomic E-state index is 14.1. The number of Topliss-reactive ketones (excluding diaryl/α,β-unsaturated/α-hetero) is 1. The molecule has 34 heavy (non-hydrogen) atoms. The van der Waals surface area contributed by atoms with E-state index >= 15 is 0 Å². The van der Waals surface area contributed by atoms with Crippen LogP contribution in [0.3, 0.4) is 0 Å². The summed E-state index contributed by atoms with van der Waals surface area (Å²) in [4.78, 5) is 44.4. The number of dihydropyridines is 1. The Bertz CT molecular complexity index is 1150. The second kappa shape index (κ2) is 10.0. The summed E-state index contributed by atoms with van der Waals surface area (Å²) in [5, 5.41) is 3.29. The molecule has 7 nitrogen and oxygen atoms in total. The van der Waals surface area contributed by atoms with E-state index in [1.165, 1.54) is 0 Å². The zero-order chi connectivity index (χ0) is 24.2. The number of carbonyl (C=O) groups is 3. The van der Waals surface area contributed by atoms with Crippen molar-refractivity contribution < 1.29 is 23.9 Å². The Morgan fingerprint density at radius 1 is 1.03 bits per heavy atom. The molecule has 176 valence electrons. The third-order valence-corrected chi connectivity index (χ3v) is 6.30. The van der Waals surface area contributed by atoms with E-state index in [1.807, 2.05) is 36.4 Å². The van der Waals surface area contributed by atoms with Crippen LogP contribution in [0.2, 0.25) is 0 Å². The first-order valence-electron chi connectivity index (χ1n) is 11.5. The smallest absolute Gasteiger partial charge is 0.336 e. The van der Waals surface area contributed by atoms with Gasteiger partial charge in [-0.1, -0.05) is 36.4 Å². The first-order valence-corrected chi connectivity index (χ1v) is 11.5. The highest BCUT2D eigenvalue weighted by Gasteiger charge is 2.49. The molecule has 2 heterocycles. The van der Waals surface area contributed by atoms with E-state index in [1.54, 1.807) is 39.2 Å². The van der Waals surface area contributed by atoms with Crippen LogP contribution in [0.4, 0.5) is 0 Å². The fourth-order valence-corrected chi connectivity index (χ4v) is 4.91. The summed E-state index contributed by atoms with van der Waals surface area (Å²) in [5.74, 6) is -3.48. The van der Waals surface area contributed by atoms with Crippen molar-refractivity contribution in [3.8, 4) is 0 Å². The molecule has 4 rings (SSSR count). The lowest BCUT2D eigenvalue weighted by atomic mass is 9.67. The van der Waals surface area contributed by atoms with E-state index in [0.29, 0.717) is 34.5 Å². The van der Waals surface area contributed by atoms with Crippen LogP contribution in [-0.2, 0) is 23.9 Å². The molecule has 1 aromatic heterocycles. The monoisotopic (exact) mass is 460 g/mol. The second-order valence-electron chi connectivity index (χ2n) is 8.31. The third-order valence-electron chi connectivity index (χ3n) is 6.30. The minimum absolute atomic E-state index is 0.174. The molecule has 2 aliphatic rings. The SMILES string of the molecule is CCOC(=O)C1=C(C)NC2=C(C(=O)[C@@H](C(=O)OCC)[C@@H](c3ccccc3)C2)[C@@H]1c1cccnc1. The van der Waals surface area contributed by atoms with Crippen LogP contribution in [0.15, 0.2) is 77.4 Å². The van der Waals surface area contributed by atoms with Gasteiger partial charge in [-0.3, -0.25) is 14.6 Å². The molecule has 0 amide bonds. The molecule has 0 saturated carbocycles. The summed E-state index contributed by atoms with van der Waals surface area (Å²) in [7, 11) is 0. The van der Waals surface area contributed by atoms with Crippen molar-refractivity contribution in [3.63, 3.8) is 0 Å². The van der Waals surface area contributed by atoms with Gasteiger partial charge in [-0.25, -0.2) is 4.79 Å². The quantitative estimate of drug-likeness (QED) is 0.518. The third kappa shape index (κ3) is 4.25. The Hall–Kier alpha value is -3.74. The van der Waals surface area contributed by atoms with Crippen molar-refractivity contribution in [1.29, 1.82) is 0 Å². The highest BCUT2D eigenvalue weighted by Crippen LogP contribution is 2.48. The number of nitrogens with zero attached hydrogens (tertiary/aromatic N) is 1. The molecule has 1 N–H and O–H groups in total. The zero-order valence-corrected chi connectivity index (χ0v) is 19.5. The number of hydrogen-bond acceptors (Lipinski definition) is 7. The van der Waals surface area contributed by atoms with Crippen LogP contribution in [0.1, 0.15) is 50.2 Å². The number of ether oxygens (including phenoxy) is 2. The van der Waals surface area contributed by atoms with Gasteiger partial charge >= 0.3 is 11.9 Å². The van der Waals surface area contributed by atoms with Gasteiger partial charge < -0.3 is 14.8 Å². The van der Waals surface area contributed by atoms with Gasteiger partial charge in [-0.2, -0.15) is 0 Å². The van der Waals surface area contributed by atoms with Crippen molar-refractivity contribution >= 4 is 17.7 Å². The summed E-state index contributed by atoms with van der Waals surface area (Å²) < 4.78 is 10.7. The van der Waals surface area contributed by atoms with Crippen LogP contribution < -0.4 is 5.32 Å².